The molecule has 1 atom stereocenters. The van der Waals surface area contributed by atoms with E-state index in [0.717, 1.165) is 0 Å². The Morgan fingerprint density at radius 3 is 2.60 bits per heavy atom. The van der Waals surface area contributed by atoms with Gasteiger partial charge in [-0.3, -0.25) is 4.79 Å². The molecule has 0 saturated carbocycles. The molecule has 0 bridgehead atoms. The van der Waals surface area contributed by atoms with Gasteiger partial charge in [0.1, 0.15) is 0 Å². The number of carboxylic acids is 1. The number of nitrogens with zero attached hydrogens (tertiary/aromatic N) is 2. The fraction of sp³-hybridized carbons (Fsp3) is 0.600. The molecular weight excluding hydrogens is 283 g/mol. The van der Waals surface area contributed by atoms with Crippen LogP contribution in [0.1, 0.15) is 37.4 Å². The molecule has 2 N–H and O–H groups in total. The lowest BCUT2D eigenvalue weighted by molar-refractivity contribution is -0.159. The average molecular weight is 295 g/mol. The van der Waals surface area contributed by atoms with E-state index in [9.17, 15) is 22.8 Å². The number of carbonyl (C=O) groups is 2. The molecule has 0 radical (unpaired) electrons. The number of alkyl halides is 3. The largest absolute Gasteiger partial charge is 0.474 e. The van der Waals surface area contributed by atoms with Gasteiger partial charge in [-0.25, -0.2) is 4.79 Å². The van der Waals surface area contributed by atoms with Gasteiger partial charge in [-0.15, -0.1) is 0 Å². The summed E-state index contributed by atoms with van der Waals surface area (Å²) in [5, 5.41) is 13.7. The van der Waals surface area contributed by atoms with E-state index in [2.05, 4.69) is 20.0 Å². The van der Waals surface area contributed by atoms with Gasteiger partial charge in [-0.2, -0.15) is 18.2 Å². The van der Waals surface area contributed by atoms with Crippen LogP contribution in [0.3, 0.4) is 0 Å². The Bertz CT molecular complexity index is 486. The summed E-state index contributed by atoms with van der Waals surface area (Å²) in [5.74, 6) is -4.61. The molecule has 112 valence electrons. The minimum Gasteiger partial charge on any atom is -0.474 e. The van der Waals surface area contributed by atoms with Crippen molar-refractivity contribution in [3.05, 3.63) is 11.7 Å². The number of nitrogens with one attached hydrogen (secondary N) is 1. The van der Waals surface area contributed by atoms with Gasteiger partial charge in [0.05, 0.1) is 0 Å². The molecule has 1 aromatic heterocycles. The minimum absolute atomic E-state index is 0.0816. The maximum atomic E-state index is 12.2. The normalized spacial score (nSPS) is 13.0. The van der Waals surface area contributed by atoms with Crippen molar-refractivity contribution in [2.24, 2.45) is 0 Å². The average Bonchev–Trinajstić information content (AvgIpc) is 2.83. The van der Waals surface area contributed by atoms with Gasteiger partial charge >= 0.3 is 23.9 Å². The van der Waals surface area contributed by atoms with Crippen molar-refractivity contribution < 1.29 is 32.4 Å². The van der Waals surface area contributed by atoms with E-state index >= 15 is 0 Å². The summed E-state index contributed by atoms with van der Waals surface area (Å²) >= 11 is 0. The van der Waals surface area contributed by atoms with Gasteiger partial charge in [0, 0.05) is 12.5 Å². The third kappa shape index (κ3) is 4.52. The zero-order valence-corrected chi connectivity index (χ0v) is 10.4. The number of rotatable bonds is 5. The molecule has 1 amide bonds. The number of aromatic nitrogens is 2. The quantitative estimate of drug-likeness (QED) is 0.624. The molecule has 1 heterocycles. The van der Waals surface area contributed by atoms with Crippen LogP contribution in [0.15, 0.2) is 4.52 Å². The van der Waals surface area contributed by atoms with Crippen molar-refractivity contribution in [1.82, 2.24) is 15.5 Å². The molecule has 1 aromatic rings. The molecule has 1 unspecified atom stereocenters. The van der Waals surface area contributed by atoms with Crippen molar-refractivity contribution in [3.63, 3.8) is 0 Å². The van der Waals surface area contributed by atoms with Crippen LogP contribution >= 0.6 is 0 Å². The van der Waals surface area contributed by atoms with Crippen LogP contribution in [-0.4, -0.2) is 33.7 Å². The van der Waals surface area contributed by atoms with E-state index in [-0.39, 0.29) is 12.4 Å². The number of carbonyl (C=O) groups excluding carboxylic acids is 1. The zero-order chi connectivity index (χ0) is 15.3. The highest BCUT2D eigenvalue weighted by Crippen LogP contribution is 2.29. The number of carboxylic acid groups (broad SMARTS) is 1. The third-order valence-electron chi connectivity index (χ3n) is 2.42. The van der Waals surface area contributed by atoms with Crippen molar-refractivity contribution in [1.29, 1.82) is 0 Å². The number of halogens is 3. The topological polar surface area (TPSA) is 105 Å². The monoisotopic (exact) mass is 295 g/mol. The highest BCUT2D eigenvalue weighted by Gasteiger charge is 2.38. The maximum Gasteiger partial charge on any atom is 0.471 e. The fourth-order valence-corrected chi connectivity index (χ4v) is 1.37. The first kappa shape index (κ1) is 15.9. The smallest absolute Gasteiger partial charge is 0.471 e. The van der Waals surface area contributed by atoms with Crippen LogP contribution in [0.2, 0.25) is 0 Å². The van der Waals surface area contributed by atoms with Crippen LogP contribution in [0.5, 0.6) is 0 Å². The second-order valence-corrected chi connectivity index (χ2v) is 4.06. The summed E-state index contributed by atoms with van der Waals surface area (Å²) in [5.41, 5.74) is 0. The van der Waals surface area contributed by atoms with E-state index in [0.29, 0.717) is 12.8 Å². The Morgan fingerprint density at radius 2 is 2.10 bits per heavy atom. The van der Waals surface area contributed by atoms with Gasteiger partial charge < -0.3 is 14.9 Å². The molecule has 1 rings (SSSR count). The highest BCUT2D eigenvalue weighted by atomic mass is 19.4. The molecular formula is C10H12F3N3O4. The first-order valence-corrected chi connectivity index (χ1v) is 5.63. The van der Waals surface area contributed by atoms with Crippen LogP contribution < -0.4 is 5.32 Å². The van der Waals surface area contributed by atoms with Crippen LogP contribution in [0.25, 0.3) is 0 Å². The van der Waals surface area contributed by atoms with E-state index < -0.39 is 29.9 Å². The van der Waals surface area contributed by atoms with Crippen LogP contribution in [0.4, 0.5) is 13.2 Å². The fourth-order valence-electron chi connectivity index (χ4n) is 1.37. The minimum atomic E-state index is -4.68. The second-order valence-electron chi connectivity index (χ2n) is 4.06. The Kier molecular flexibility index (Phi) is 5.06. The number of hydrogen-bond acceptors (Lipinski definition) is 5. The summed E-state index contributed by atoms with van der Waals surface area (Å²) in [4.78, 5) is 24.1. The van der Waals surface area contributed by atoms with Gasteiger partial charge in [-0.1, -0.05) is 12.1 Å². The standard InChI is InChI=1S/C10H12F3N3O4/c1-5(3-2-4-14-7(17)8(18)19)6-15-9(20-16-6)10(11,12)13/h5H,2-4H2,1H3,(H,14,17)(H,18,19). The summed E-state index contributed by atoms with van der Waals surface area (Å²) in [6.07, 6.45) is -3.94. The summed E-state index contributed by atoms with van der Waals surface area (Å²) in [6, 6.07) is 0. The Morgan fingerprint density at radius 1 is 1.45 bits per heavy atom. The maximum absolute atomic E-state index is 12.2. The lowest BCUT2D eigenvalue weighted by Gasteiger charge is -2.06. The van der Waals surface area contributed by atoms with E-state index in [4.69, 9.17) is 5.11 Å². The number of amides is 1. The Hall–Kier alpha value is -2.13. The lowest BCUT2D eigenvalue weighted by atomic mass is 10.1. The first-order valence-electron chi connectivity index (χ1n) is 5.63. The molecule has 10 heteroatoms. The van der Waals surface area contributed by atoms with Crippen LogP contribution in [0, 0.1) is 0 Å². The molecule has 7 nitrogen and oxygen atoms in total. The zero-order valence-electron chi connectivity index (χ0n) is 10.4. The molecule has 0 spiro atoms. The molecule has 0 fully saturated rings. The number of hydrogen-bond donors (Lipinski definition) is 2. The van der Waals surface area contributed by atoms with Gasteiger partial charge in [0.15, 0.2) is 5.82 Å². The van der Waals surface area contributed by atoms with Crippen molar-refractivity contribution in [2.75, 3.05) is 6.54 Å². The molecule has 20 heavy (non-hydrogen) atoms. The molecule has 0 aliphatic carbocycles. The summed E-state index contributed by atoms with van der Waals surface area (Å²) in [7, 11) is 0. The van der Waals surface area contributed by atoms with Gasteiger partial charge in [0.25, 0.3) is 0 Å². The van der Waals surface area contributed by atoms with Crippen molar-refractivity contribution in [2.45, 2.75) is 31.9 Å². The third-order valence-corrected chi connectivity index (χ3v) is 2.42. The second kappa shape index (κ2) is 6.35. The van der Waals surface area contributed by atoms with Gasteiger partial charge in [-0.05, 0) is 12.8 Å². The molecule has 0 saturated heterocycles. The van der Waals surface area contributed by atoms with E-state index in [1.807, 2.05) is 0 Å². The number of aliphatic carboxylic acids is 1. The predicted molar refractivity (Wildman–Crippen MR) is 57.6 cm³/mol. The SMILES string of the molecule is CC(CCCNC(=O)C(=O)O)c1noc(C(F)(F)F)n1. The van der Waals surface area contributed by atoms with E-state index in [1.54, 1.807) is 6.92 Å². The Balaban J connectivity index is 2.40. The van der Waals surface area contributed by atoms with E-state index in [1.165, 1.54) is 0 Å². The molecule has 0 aliphatic heterocycles. The van der Waals surface area contributed by atoms with Gasteiger partial charge in [0.2, 0.25) is 0 Å². The molecule has 0 aromatic carbocycles. The molecule has 0 aliphatic rings. The Labute approximate surface area is 111 Å². The predicted octanol–water partition coefficient (Wildman–Crippen LogP) is 1.17. The first-order chi connectivity index (χ1) is 9.21. The van der Waals surface area contributed by atoms with Crippen molar-refractivity contribution in [3.8, 4) is 0 Å². The summed E-state index contributed by atoms with van der Waals surface area (Å²) in [6.45, 7) is 1.70. The highest BCUT2D eigenvalue weighted by molar-refractivity contribution is 6.31. The lowest BCUT2D eigenvalue weighted by Crippen LogP contribution is -2.31. The summed E-state index contributed by atoms with van der Waals surface area (Å²) < 4.78 is 40.8. The van der Waals surface area contributed by atoms with Crippen LogP contribution in [-0.2, 0) is 15.8 Å². The van der Waals surface area contributed by atoms with Crippen molar-refractivity contribution >= 4 is 11.9 Å².